The predicted molar refractivity (Wildman–Crippen MR) is 60.6 cm³/mol. The molecule has 2 aromatic rings. The Kier molecular flexibility index (Phi) is 3.11. The van der Waals surface area contributed by atoms with Crippen LogP contribution >= 0.6 is 11.3 Å². The van der Waals surface area contributed by atoms with E-state index in [1.54, 1.807) is 12.4 Å². The van der Waals surface area contributed by atoms with E-state index in [4.69, 9.17) is 5.11 Å². The molecule has 2 N–H and O–H groups in total. The summed E-state index contributed by atoms with van der Waals surface area (Å²) in [5.74, 6) is -1.02. The third-order valence-electron chi connectivity index (χ3n) is 1.95. The van der Waals surface area contributed by atoms with Gasteiger partial charge in [0.05, 0.1) is 5.51 Å². The van der Waals surface area contributed by atoms with Gasteiger partial charge in [-0.2, -0.15) is 0 Å². The first-order valence-corrected chi connectivity index (χ1v) is 5.45. The maximum Gasteiger partial charge on any atom is 0.357 e. The van der Waals surface area contributed by atoms with E-state index < -0.39 is 5.97 Å². The summed E-state index contributed by atoms with van der Waals surface area (Å²) in [7, 11) is 0. The Morgan fingerprint density at radius 1 is 1.56 bits per heavy atom. The van der Waals surface area contributed by atoms with Crippen molar-refractivity contribution < 1.29 is 9.90 Å². The molecule has 0 aliphatic rings. The highest BCUT2D eigenvalue weighted by molar-refractivity contribution is 7.14. The van der Waals surface area contributed by atoms with E-state index in [1.807, 2.05) is 12.1 Å². The van der Waals surface area contributed by atoms with Crippen molar-refractivity contribution in [2.45, 2.75) is 6.54 Å². The van der Waals surface area contributed by atoms with E-state index >= 15 is 0 Å². The minimum Gasteiger partial charge on any atom is -0.476 e. The van der Waals surface area contributed by atoms with Crippen molar-refractivity contribution in [2.75, 3.05) is 5.32 Å². The van der Waals surface area contributed by atoms with Gasteiger partial charge in [-0.05, 0) is 11.6 Å². The van der Waals surface area contributed by atoms with Crippen molar-refractivity contribution >= 4 is 22.3 Å². The molecule has 0 atom stereocenters. The number of carbonyl (C=O) groups is 1. The lowest BCUT2D eigenvalue weighted by molar-refractivity contribution is 0.0692. The number of hydrogen-bond donors (Lipinski definition) is 2. The number of anilines is 1. The van der Waals surface area contributed by atoms with Crippen molar-refractivity contribution in [3.63, 3.8) is 0 Å². The number of pyridine rings is 1. The van der Waals surface area contributed by atoms with Gasteiger partial charge < -0.3 is 10.4 Å². The van der Waals surface area contributed by atoms with Gasteiger partial charge in [-0.25, -0.2) is 9.78 Å². The number of rotatable bonds is 4. The van der Waals surface area contributed by atoms with E-state index in [0.717, 1.165) is 5.56 Å². The summed E-state index contributed by atoms with van der Waals surface area (Å²) >= 11 is 1.27. The third kappa shape index (κ3) is 2.34. The quantitative estimate of drug-likeness (QED) is 0.845. The number of carboxylic acid groups (broad SMARTS) is 1. The molecule has 0 saturated heterocycles. The highest BCUT2D eigenvalue weighted by Gasteiger charge is 2.12. The number of nitrogens with zero attached hydrogens (tertiary/aromatic N) is 2. The Bertz CT molecular complexity index is 484. The van der Waals surface area contributed by atoms with Gasteiger partial charge in [0.15, 0.2) is 5.69 Å². The average Bonchev–Trinajstić information content (AvgIpc) is 2.76. The predicted octanol–water partition coefficient (Wildman–Crippen LogP) is 1.85. The fraction of sp³-hybridized carbons (Fsp3) is 0.100. The standard InChI is InChI=1S/C10H9N3O2S/c14-10(15)8-9(16-6-13-8)12-5-7-2-1-3-11-4-7/h1-4,6,12H,5H2,(H,14,15). The van der Waals surface area contributed by atoms with Gasteiger partial charge in [-0.3, -0.25) is 4.98 Å². The van der Waals surface area contributed by atoms with Crippen LogP contribution in [0.3, 0.4) is 0 Å². The first-order chi connectivity index (χ1) is 7.77. The first kappa shape index (κ1) is 10.6. The zero-order valence-electron chi connectivity index (χ0n) is 8.25. The van der Waals surface area contributed by atoms with Crippen LogP contribution in [-0.4, -0.2) is 21.0 Å². The van der Waals surface area contributed by atoms with Crippen molar-refractivity contribution in [1.82, 2.24) is 9.97 Å². The summed E-state index contributed by atoms with van der Waals surface area (Å²) in [5, 5.41) is 12.4. The van der Waals surface area contributed by atoms with Crippen LogP contribution in [0, 0.1) is 0 Å². The summed E-state index contributed by atoms with van der Waals surface area (Å²) in [6.07, 6.45) is 3.42. The summed E-state index contributed by atoms with van der Waals surface area (Å²) in [5.41, 5.74) is 2.57. The van der Waals surface area contributed by atoms with Crippen LogP contribution in [0.25, 0.3) is 0 Å². The Labute approximate surface area is 95.8 Å². The molecule has 82 valence electrons. The van der Waals surface area contributed by atoms with Crippen LogP contribution in [0.15, 0.2) is 30.0 Å². The molecule has 0 saturated carbocycles. The summed E-state index contributed by atoms with van der Waals surface area (Å²) in [4.78, 5) is 18.5. The highest BCUT2D eigenvalue weighted by atomic mass is 32.1. The molecule has 2 rings (SSSR count). The molecule has 2 heterocycles. The Morgan fingerprint density at radius 3 is 3.12 bits per heavy atom. The fourth-order valence-electron chi connectivity index (χ4n) is 1.21. The fourth-order valence-corrected chi connectivity index (χ4v) is 1.88. The number of aromatic nitrogens is 2. The molecule has 5 nitrogen and oxygen atoms in total. The van der Waals surface area contributed by atoms with Gasteiger partial charge in [0.25, 0.3) is 0 Å². The van der Waals surface area contributed by atoms with Crippen LogP contribution in [0.4, 0.5) is 5.00 Å². The molecule has 0 bridgehead atoms. The Balaban J connectivity index is 2.05. The van der Waals surface area contributed by atoms with Crippen LogP contribution in [0.5, 0.6) is 0 Å². The molecule has 0 radical (unpaired) electrons. The van der Waals surface area contributed by atoms with Gasteiger partial charge in [0.1, 0.15) is 5.00 Å². The van der Waals surface area contributed by atoms with Gasteiger partial charge in [0, 0.05) is 18.9 Å². The molecule has 0 fully saturated rings. The second-order valence-corrected chi connectivity index (χ2v) is 3.90. The topological polar surface area (TPSA) is 75.1 Å². The molecule has 0 unspecified atom stereocenters. The largest absolute Gasteiger partial charge is 0.476 e. The van der Waals surface area contributed by atoms with Crippen molar-refractivity contribution in [3.8, 4) is 0 Å². The monoisotopic (exact) mass is 235 g/mol. The van der Waals surface area contributed by atoms with Gasteiger partial charge in [-0.15, -0.1) is 11.3 Å². The lowest BCUT2D eigenvalue weighted by Crippen LogP contribution is -2.04. The Morgan fingerprint density at radius 2 is 2.44 bits per heavy atom. The molecule has 0 amide bonds. The Hall–Kier alpha value is -1.95. The first-order valence-electron chi connectivity index (χ1n) is 4.57. The smallest absolute Gasteiger partial charge is 0.357 e. The van der Waals surface area contributed by atoms with Gasteiger partial charge >= 0.3 is 5.97 Å². The molecule has 6 heteroatoms. The van der Waals surface area contributed by atoms with Crippen LogP contribution in [-0.2, 0) is 6.54 Å². The SMILES string of the molecule is O=C(O)c1ncsc1NCc1cccnc1. The molecule has 2 aromatic heterocycles. The minimum atomic E-state index is -1.02. The van der Waals surface area contributed by atoms with E-state index in [1.165, 1.54) is 16.8 Å². The minimum absolute atomic E-state index is 0.0638. The molecular weight excluding hydrogens is 226 g/mol. The number of aromatic carboxylic acids is 1. The third-order valence-corrected chi connectivity index (χ3v) is 2.73. The van der Waals surface area contributed by atoms with E-state index in [-0.39, 0.29) is 5.69 Å². The molecule has 0 spiro atoms. The molecule has 0 aromatic carbocycles. The maximum atomic E-state index is 10.8. The zero-order valence-corrected chi connectivity index (χ0v) is 9.07. The van der Waals surface area contributed by atoms with Crippen molar-refractivity contribution in [3.05, 3.63) is 41.3 Å². The summed E-state index contributed by atoms with van der Waals surface area (Å²) < 4.78 is 0. The molecule has 0 aliphatic carbocycles. The highest BCUT2D eigenvalue weighted by Crippen LogP contribution is 2.20. The molecule has 16 heavy (non-hydrogen) atoms. The zero-order chi connectivity index (χ0) is 11.4. The lowest BCUT2D eigenvalue weighted by atomic mass is 10.3. The number of thiazole rings is 1. The van der Waals surface area contributed by atoms with E-state index in [9.17, 15) is 4.79 Å². The summed E-state index contributed by atoms with van der Waals surface area (Å²) in [6.45, 7) is 0.538. The van der Waals surface area contributed by atoms with Crippen LogP contribution < -0.4 is 5.32 Å². The van der Waals surface area contributed by atoms with Crippen LogP contribution in [0.2, 0.25) is 0 Å². The van der Waals surface area contributed by atoms with Gasteiger partial charge in [0.2, 0.25) is 0 Å². The normalized spacial score (nSPS) is 10.0. The maximum absolute atomic E-state index is 10.8. The summed E-state index contributed by atoms with van der Waals surface area (Å²) in [6, 6.07) is 3.75. The van der Waals surface area contributed by atoms with E-state index in [0.29, 0.717) is 11.5 Å². The number of hydrogen-bond acceptors (Lipinski definition) is 5. The lowest BCUT2D eigenvalue weighted by Gasteiger charge is -2.03. The number of carboxylic acids is 1. The second-order valence-electron chi connectivity index (χ2n) is 3.05. The van der Waals surface area contributed by atoms with Crippen molar-refractivity contribution in [1.29, 1.82) is 0 Å². The number of nitrogens with one attached hydrogen (secondary N) is 1. The second kappa shape index (κ2) is 4.71. The average molecular weight is 235 g/mol. The molecular formula is C10H9N3O2S. The molecule has 0 aliphatic heterocycles. The van der Waals surface area contributed by atoms with E-state index in [2.05, 4.69) is 15.3 Å². The van der Waals surface area contributed by atoms with Crippen LogP contribution in [0.1, 0.15) is 16.1 Å². The van der Waals surface area contributed by atoms with Gasteiger partial charge in [-0.1, -0.05) is 6.07 Å². The van der Waals surface area contributed by atoms with Crippen molar-refractivity contribution in [2.24, 2.45) is 0 Å².